The Labute approximate surface area is 134 Å². The number of aryl methyl sites for hydroxylation is 1. The molecule has 0 spiro atoms. The maximum Gasteiger partial charge on any atom is 0.354 e. The highest BCUT2D eigenvalue weighted by molar-refractivity contribution is 5.87. The smallest absolute Gasteiger partial charge is 0.354 e. The zero-order valence-electron chi connectivity index (χ0n) is 12.8. The van der Waals surface area contributed by atoms with E-state index >= 15 is 0 Å². The van der Waals surface area contributed by atoms with Crippen molar-refractivity contribution in [3.63, 3.8) is 0 Å². The molecule has 1 N–H and O–H groups in total. The van der Waals surface area contributed by atoms with Crippen molar-refractivity contribution in [2.24, 2.45) is 0 Å². The Morgan fingerprint density at radius 1 is 1.09 bits per heavy atom. The molecule has 3 rings (SSSR count). The average molecular weight is 307 g/mol. The van der Waals surface area contributed by atoms with Crippen LogP contribution in [0.1, 0.15) is 28.7 Å². The first-order chi connectivity index (χ1) is 11.2. The molecule has 0 radical (unpaired) electrons. The molecule has 23 heavy (non-hydrogen) atoms. The first-order valence-electron chi connectivity index (χ1n) is 7.51. The van der Waals surface area contributed by atoms with Gasteiger partial charge in [0.15, 0.2) is 5.69 Å². The van der Waals surface area contributed by atoms with E-state index in [1.165, 1.54) is 0 Å². The Hall–Kier alpha value is -2.88. The van der Waals surface area contributed by atoms with E-state index in [1.807, 2.05) is 55.5 Å². The molecule has 0 saturated heterocycles. The molecule has 0 aliphatic heterocycles. The van der Waals surface area contributed by atoms with Crippen LogP contribution in [-0.4, -0.2) is 16.1 Å². The van der Waals surface area contributed by atoms with Crippen LogP contribution in [0, 0.1) is 0 Å². The molecule has 4 nitrogen and oxygen atoms in total. The molecule has 0 bridgehead atoms. The molecular formula is C19H17NO3. The molecule has 0 amide bonds. The molecule has 0 aliphatic carbocycles. The third kappa shape index (κ3) is 3.31. The zero-order chi connectivity index (χ0) is 16.2. The van der Waals surface area contributed by atoms with Crippen LogP contribution < -0.4 is 4.74 Å². The second-order valence-corrected chi connectivity index (χ2v) is 5.27. The summed E-state index contributed by atoms with van der Waals surface area (Å²) >= 11 is 0. The number of benzene rings is 2. The summed E-state index contributed by atoms with van der Waals surface area (Å²) in [4.78, 5) is 15.4. The van der Waals surface area contributed by atoms with E-state index in [0.29, 0.717) is 12.1 Å². The Bertz CT molecular complexity index is 858. The number of carboxylic acid groups (broad SMARTS) is 1. The minimum absolute atomic E-state index is 0.104. The molecule has 3 aromatic rings. The van der Waals surface area contributed by atoms with Crippen molar-refractivity contribution in [1.82, 2.24) is 4.98 Å². The van der Waals surface area contributed by atoms with Crippen LogP contribution in [0.2, 0.25) is 0 Å². The third-order valence-electron chi connectivity index (χ3n) is 3.73. The highest BCUT2D eigenvalue weighted by Gasteiger charge is 2.12. The number of hydrogen-bond acceptors (Lipinski definition) is 3. The number of ether oxygens (including phenoxy) is 1. The van der Waals surface area contributed by atoms with Gasteiger partial charge in [-0.2, -0.15) is 0 Å². The predicted octanol–water partition coefficient (Wildman–Crippen LogP) is 4.07. The van der Waals surface area contributed by atoms with Gasteiger partial charge in [-0.15, -0.1) is 0 Å². The van der Waals surface area contributed by atoms with Crippen molar-refractivity contribution in [2.75, 3.05) is 0 Å². The summed E-state index contributed by atoms with van der Waals surface area (Å²) in [6, 6.07) is 17.5. The number of pyridine rings is 1. The van der Waals surface area contributed by atoms with Crippen LogP contribution >= 0.6 is 0 Å². The third-order valence-corrected chi connectivity index (χ3v) is 3.73. The van der Waals surface area contributed by atoms with Crippen LogP contribution in [0.15, 0.2) is 54.6 Å². The largest absolute Gasteiger partial charge is 0.487 e. The zero-order valence-corrected chi connectivity index (χ0v) is 12.8. The summed E-state index contributed by atoms with van der Waals surface area (Å²) in [5, 5.41) is 11.5. The molecule has 116 valence electrons. The molecule has 4 heteroatoms. The number of carbonyl (C=O) groups is 1. The van der Waals surface area contributed by atoms with Crippen molar-refractivity contribution in [3.05, 3.63) is 71.5 Å². The summed E-state index contributed by atoms with van der Waals surface area (Å²) in [6.07, 6.45) is 0.639. The summed E-state index contributed by atoms with van der Waals surface area (Å²) in [7, 11) is 0. The van der Waals surface area contributed by atoms with Crippen LogP contribution in [0.5, 0.6) is 5.75 Å². The second-order valence-electron chi connectivity index (χ2n) is 5.27. The Morgan fingerprint density at radius 3 is 2.61 bits per heavy atom. The van der Waals surface area contributed by atoms with Gasteiger partial charge in [0.2, 0.25) is 0 Å². The fraction of sp³-hybridized carbons (Fsp3) is 0.158. The lowest BCUT2D eigenvalue weighted by Crippen LogP contribution is -2.09. The van der Waals surface area contributed by atoms with Crippen molar-refractivity contribution in [3.8, 4) is 5.75 Å². The maximum atomic E-state index is 11.3. The van der Waals surface area contributed by atoms with Gasteiger partial charge in [-0.3, -0.25) is 0 Å². The lowest BCUT2D eigenvalue weighted by atomic mass is 10.1. The number of hydrogen-bond donors (Lipinski definition) is 1. The number of aromatic nitrogens is 1. The van der Waals surface area contributed by atoms with Gasteiger partial charge in [0.25, 0.3) is 0 Å². The first kappa shape index (κ1) is 15.0. The summed E-state index contributed by atoms with van der Waals surface area (Å²) in [6.45, 7) is 2.15. The molecular weight excluding hydrogens is 290 g/mol. The van der Waals surface area contributed by atoms with Gasteiger partial charge in [0.05, 0.1) is 5.69 Å². The number of rotatable bonds is 5. The van der Waals surface area contributed by atoms with E-state index in [2.05, 4.69) is 4.98 Å². The Morgan fingerprint density at radius 2 is 1.87 bits per heavy atom. The fourth-order valence-electron chi connectivity index (χ4n) is 2.49. The van der Waals surface area contributed by atoms with Gasteiger partial charge in [-0.1, -0.05) is 43.3 Å². The van der Waals surface area contributed by atoms with Crippen LogP contribution in [0.25, 0.3) is 10.8 Å². The average Bonchev–Trinajstić information content (AvgIpc) is 2.59. The topological polar surface area (TPSA) is 59.4 Å². The normalized spacial score (nSPS) is 10.7. The molecule has 1 aromatic heterocycles. The monoisotopic (exact) mass is 307 g/mol. The van der Waals surface area contributed by atoms with Gasteiger partial charge in [-0.25, -0.2) is 9.78 Å². The van der Waals surface area contributed by atoms with Crippen LogP contribution in [0.4, 0.5) is 0 Å². The van der Waals surface area contributed by atoms with E-state index in [4.69, 9.17) is 4.74 Å². The molecule has 0 aliphatic rings. The minimum atomic E-state index is -1.01. The van der Waals surface area contributed by atoms with Crippen LogP contribution in [-0.2, 0) is 13.0 Å². The second kappa shape index (κ2) is 6.48. The Balaban J connectivity index is 1.79. The van der Waals surface area contributed by atoms with E-state index < -0.39 is 5.97 Å². The number of fused-ring (bicyclic) bond motifs is 1. The molecule has 0 atom stereocenters. The van der Waals surface area contributed by atoms with Gasteiger partial charge < -0.3 is 9.84 Å². The molecule has 0 saturated carbocycles. The molecule has 0 fully saturated rings. The standard InChI is InChI=1S/C19H17NO3/c1-2-13-7-9-16(20-18(13)19(21)22)12-23-17-10-8-14-5-3-4-6-15(14)11-17/h3-11H,2,12H2,1H3,(H,21,22). The van der Waals surface area contributed by atoms with Crippen molar-refractivity contribution in [2.45, 2.75) is 20.0 Å². The Kier molecular flexibility index (Phi) is 4.24. The van der Waals surface area contributed by atoms with Gasteiger partial charge in [0, 0.05) is 0 Å². The summed E-state index contributed by atoms with van der Waals surface area (Å²) in [5.41, 5.74) is 1.44. The van der Waals surface area contributed by atoms with E-state index in [0.717, 1.165) is 22.1 Å². The number of nitrogens with zero attached hydrogens (tertiary/aromatic N) is 1. The number of carboxylic acids is 1. The molecule has 2 aromatic carbocycles. The molecule has 1 heterocycles. The van der Waals surface area contributed by atoms with E-state index in [9.17, 15) is 9.90 Å². The lowest BCUT2D eigenvalue weighted by molar-refractivity contribution is 0.0688. The van der Waals surface area contributed by atoms with E-state index in [-0.39, 0.29) is 12.3 Å². The van der Waals surface area contributed by atoms with Gasteiger partial charge in [0.1, 0.15) is 12.4 Å². The predicted molar refractivity (Wildman–Crippen MR) is 88.9 cm³/mol. The summed E-state index contributed by atoms with van der Waals surface area (Å²) < 4.78 is 5.75. The highest BCUT2D eigenvalue weighted by atomic mass is 16.5. The van der Waals surface area contributed by atoms with Crippen molar-refractivity contribution >= 4 is 16.7 Å². The number of aromatic carboxylic acids is 1. The molecule has 0 unspecified atom stereocenters. The first-order valence-corrected chi connectivity index (χ1v) is 7.51. The van der Waals surface area contributed by atoms with E-state index in [1.54, 1.807) is 6.07 Å². The van der Waals surface area contributed by atoms with Crippen LogP contribution in [0.3, 0.4) is 0 Å². The van der Waals surface area contributed by atoms with Gasteiger partial charge in [-0.05, 0) is 41.0 Å². The lowest BCUT2D eigenvalue weighted by Gasteiger charge is -2.09. The minimum Gasteiger partial charge on any atom is -0.487 e. The highest BCUT2D eigenvalue weighted by Crippen LogP contribution is 2.21. The quantitative estimate of drug-likeness (QED) is 0.771. The SMILES string of the molecule is CCc1ccc(COc2ccc3ccccc3c2)nc1C(=O)O. The van der Waals surface area contributed by atoms with Gasteiger partial charge >= 0.3 is 5.97 Å². The van der Waals surface area contributed by atoms with Crippen molar-refractivity contribution < 1.29 is 14.6 Å². The van der Waals surface area contributed by atoms with Crippen molar-refractivity contribution in [1.29, 1.82) is 0 Å². The summed E-state index contributed by atoms with van der Waals surface area (Å²) in [5.74, 6) is -0.267. The maximum absolute atomic E-state index is 11.3. The fourth-order valence-corrected chi connectivity index (χ4v) is 2.49.